The maximum Gasteiger partial charge on any atom is 0.258 e. The van der Waals surface area contributed by atoms with Crippen LogP contribution in [-0.4, -0.2) is 25.7 Å². The molecule has 21 heavy (non-hydrogen) atoms. The lowest BCUT2D eigenvalue weighted by molar-refractivity contribution is 0.656. The molecule has 0 amide bonds. The third kappa shape index (κ3) is 3.17. The van der Waals surface area contributed by atoms with Crippen molar-refractivity contribution in [3.63, 3.8) is 0 Å². The second-order valence-corrected chi connectivity index (χ2v) is 4.92. The normalized spacial score (nSPS) is 11.1. The molecule has 0 fully saturated rings. The fourth-order valence-corrected chi connectivity index (χ4v) is 2.22. The maximum atomic E-state index is 11.9. The van der Waals surface area contributed by atoms with Crippen molar-refractivity contribution in [1.29, 1.82) is 0 Å². The van der Waals surface area contributed by atoms with Gasteiger partial charge in [0.1, 0.15) is 5.65 Å². The minimum Gasteiger partial charge on any atom is -0.311 e. The van der Waals surface area contributed by atoms with Gasteiger partial charge in [-0.25, -0.2) is 4.98 Å². The van der Waals surface area contributed by atoms with Crippen LogP contribution in [0.15, 0.2) is 47.5 Å². The van der Waals surface area contributed by atoms with E-state index < -0.39 is 0 Å². The standard InChI is InChI=1S/C15H17N5O/c1-19-9-6-12(18-19)5-7-16-11-13-10-15(21)20-8-3-2-4-14(20)17-13/h2-4,6,8-10,16H,5,7,11H2,1H3. The third-order valence-electron chi connectivity index (χ3n) is 3.26. The number of pyridine rings is 1. The molecule has 3 aromatic heterocycles. The van der Waals surface area contributed by atoms with Gasteiger partial charge in [0.15, 0.2) is 0 Å². The van der Waals surface area contributed by atoms with E-state index in [1.165, 1.54) is 4.40 Å². The zero-order valence-corrected chi connectivity index (χ0v) is 11.9. The van der Waals surface area contributed by atoms with Gasteiger partial charge < -0.3 is 5.32 Å². The molecular weight excluding hydrogens is 266 g/mol. The van der Waals surface area contributed by atoms with E-state index in [4.69, 9.17) is 0 Å². The van der Waals surface area contributed by atoms with Crippen molar-refractivity contribution in [2.45, 2.75) is 13.0 Å². The predicted octanol–water partition coefficient (Wildman–Crippen LogP) is 0.760. The van der Waals surface area contributed by atoms with Crippen molar-refractivity contribution in [3.05, 3.63) is 64.5 Å². The fraction of sp³-hybridized carbons (Fsp3) is 0.267. The number of aromatic nitrogens is 4. The summed E-state index contributed by atoms with van der Waals surface area (Å²) in [7, 11) is 1.91. The molecule has 0 atom stereocenters. The number of fused-ring (bicyclic) bond motifs is 1. The number of hydrogen-bond acceptors (Lipinski definition) is 4. The highest BCUT2D eigenvalue weighted by atomic mass is 16.1. The van der Waals surface area contributed by atoms with Gasteiger partial charge in [0.05, 0.1) is 11.4 Å². The van der Waals surface area contributed by atoms with E-state index in [-0.39, 0.29) is 5.56 Å². The van der Waals surface area contributed by atoms with Crippen LogP contribution in [0.3, 0.4) is 0 Å². The zero-order chi connectivity index (χ0) is 14.7. The van der Waals surface area contributed by atoms with Crippen LogP contribution in [0.25, 0.3) is 5.65 Å². The van der Waals surface area contributed by atoms with Crippen molar-refractivity contribution in [1.82, 2.24) is 24.5 Å². The van der Waals surface area contributed by atoms with E-state index in [2.05, 4.69) is 15.4 Å². The quantitative estimate of drug-likeness (QED) is 0.702. The van der Waals surface area contributed by atoms with Crippen LogP contribution in [0, 0.1) is 0 Å². The Labute approximate surface area is 122 Å². The molecule has 3 heterocycles. The van der Waals surface area contributed by atoms with Gasteiger partial charge in [-0.1, -0.05) is 6.07 Å². The van der Waals surface area contributed by atoms with Crippen molar-refractivity contribution >= 4 is 5.65 Å². The Morgan fingerprint density at radius 2 is 2.10 bits per heavy atom. The highest BCUT2D eigenvalue weighted by molar-refractivity contribution is 5.37. The first-order chi connectivity index (χ1) is 10.2. The van der Waals surface area contributed by atoms with Crippen molar-refractivity contribution in [3.8, 4) is 0 Å². The van der Waals surface area contributed by atoms with Crippen molar-refractivity contribution in [2.75, 3.05) is 6.54 Å². The lowest BCUT2D eigenvalue weighted by Gasteiger charge is -2.05. The minimum atomic E-state index is -0.0536. The van der Waals surface area contributed by atoms with Gasteiger partial charge in [-0.15, -0.1) is 0 Å². The van der Waals surface area contributed by atoms with Gasteiger partial charge in [0.2, 0.25) is 0 Å². The van der Waals surface area contributed by atoms with Gasteiger partial charge in [-0.3, -0.25) is 13.9 Å². The molecule has 6 nitrogen and oxygen atoms in total. The molecule has 0 aliphatic heterocycles. The smallest absolute Gasteiger partial charge is 0.258 e. The highest BCUT2D eigenvalue weighted by Crippen LogP contribution is 1.99. The summed E-state index contributed by atoms with van der Waals surface area (Å²) in [6, 6.07) is 9.10. The lowest BCUT2D eigenvalue weighted by Crippen LogP contribution is -2.21. The van der Waals surface area contributed by atoms with Gasteiger partial charge in [0, 0.05) is 45.0 Å². The summed E-state index contributed by atoms with van der Waals surface area (Å²) in [5, 5.41) is 7.61. The molecule has 6 heteroatoms. The van der Waals surface area contributed by atoms with Crippen LogP contribution in [0.5, 0.6) is 0 Å². The van der Waals surface area contributed by atoms with Crippen molar-refractivity contribution in [2.24, 2.45) is 7.05 Å². The van der Waals surface area contributed by atoms with Gasteiger partial charge in [-0.05, 0) is 18.2 Å². The molecule has 0 unspecified atom stereocenters. The fourth-order valence-electron chi connectivity index (χ4n) is 2.22. The minimum absolute atomic E-state index is 0.0536. The first-order valence-electron chi connectivity index (χ1n) is 6.89. The molecular formula is C15H17N5O. The topological polar surface area (TPSA) is 64.2 Å². The number of nitrogens with zero attached hydrogens (tertiary/aromatic N) is 4. The monoisotopic (exact) mass is 283 g/mol. The molecule has 1 N–H and O–H groups in total. The SMILES string of the molecule is Cn1ccc(CCNCc2cc(=O)n3ccccc3n2)n1. The first-order valence-corrected chi connectivity index (χ1v) is 6.89. The van der Waals surface area contributed by atoms with Crippen LogP contribution >= 0.6 is 0 Å². The van der Waals surface area contributed by atoms with E-state index in [1.807, 2.05) is 37.5 Å². The Morgan fingerprint density at radius 1 is 1.19 bits per heavy atom. The Morgan fingerprint density at radius 3 is 2.90 bits per heavy atom. The Kier molecular flexibility index (Phi) is 3.79. The molecule has 0 bridgehead atoms. The first kappa shape index (κ1) is 13.5. The number of aryl methyl sites for hydroxylation is 1. The molecule has 0 spiro atoms. The summed E-state index contributed by atoms with van der Waals surface area (Å²) < 4.78 is 3.33. The van der Waals surface area contributed by atoms with Crippen LogP contribution in [-0.2, 0) is 20.0 Å². The summed E-state index contributed by atoms with van der Waals surface area (Å²) in [5.41, 5.74) is 2.43. The van der Waals surface area contributed by atoms with Gasteiger partial charge in [-0.2, -0.15) is 5.10 Å². The molecule has 108 valence electrons. The van der Waals surface area contributed by atoms with E-state index in [1.54, 1.807) is 16.9 Å². The Hall–Kier alpha value is -2.47. The zero-order valence-electron chi connectivity index (χ0n) is 11.9. The van der Waals surface area contributed by atoms with E-state index in [0.29, 0.717) is 12.2 Å². The second-order valence-electron chi connectivity index (χ2n) is 4.92. The Bertz CT molecular complexity index is 805. The molecule has 0 saturated carbocycles. The third-order valence-corrected chi connectivity index (χ3v) is 3.26. The summed E-state index contributed by atoms with van der Waals surface area (Å²) in [5.74, 6) is 0. The second kappa shape index (κ2) is 5.88. The van der Waals surface area contributed by atoms with Crippen LogP contribution in [0.4, 0.5) is 0 Å². The van der Waals surface area contributed by atoms with Gasteiger partial charge in [0.25, 0.3) is 5.56 Å². The maximum absolute atomic E-state index is 11.9. The molecule has 0 aliphatic carbocycles. The number of hydrogen-bond donors (Lipinski definition) is 1. The molecule has 0 radical (unpaired) electrons. The molecule has 0 aromatic carbocycles. The Balaban J connectivity index is 1.61. The molecule has 0 saturated heterocycles. The van der Waals surface area contributed by atoms with E-state index >= 15 is 0 Å². The highest BCUT2D eigenvalue weighted by Gasteiger charge is 2.02. The average molecular weight is 283 g/mol. The summed E-state index contributed by atoms with van der Waals surface area (Å²) in [4.78, 5) is 16.4. The van der Waals surface area contributed by atoms with Crippen molar-refractivity contribution < 1.29 is 0 Å². The summed E-state index contributed by atoms with van der Waals surface area (Å²) in [6.07, 6.45) is 4.51. The average Bonchev–Trinajstić information content (AvgIpc) is 2.89. The largest absolute Gasteiger partial charge is 0.311 e. The summed E-state index contributed by atoms with van der Waals surface area (Å²) in [6.45, 7) is 1.38. The van der Waals surface area contributed by atoms with Crippen LogP contribution < -0.4 is 10.9 Å². The van der Waals surface area contributed by atoms with E-state index in [0.717, 1.165) is 24.4 Å². The van der Waals surface area contributed by atoms with Crippen LogP contribution in [0.2, 0.25) is 0 Å². The van der Waals surface area contributed by atoms with Gasteiger partial charge >= 0.3 is 0 Å². The van der Waals surface area contributed by atoms with E-state index in [9.17, 15) is 4.79 Å². The predicted molar refractivity (Wildman–Crippen MR) is 80.1 cm³/mol. The molecule has 3 rings (SSSR count). The molecule has 0 aliphatic rings. The van der Waals surface area contributed by atoms with Crippen LogP contribution in [0.1, 0.15) is 11.4 Å². The number of rotatable bonds is 5. The summed E-state index contributed by atoms with van der Waals surface area (Å²) >= 11 is 0. The lowest BCUT2D eigenvalue weighted by atomic mass is 10.3. The molecule has 3 aromatic rings. The number of nitrogens with one attached hydrogen (secondary N) is 1.